The normalized spacial score (nSPS) is 11.1. The van der Waals surface area contributed by atoms with E-state index in [1.807, 2.05) is 55.5 Å². The number of aromatic nitrogens is 1. The third-order valence-corrected chi connectivity index (χ3v) is 6.61. The molecule has 0 atom stereocenters. The zero-order valence-corrected chi connectivity index (χ0v) is 22.5. The van der Waals surface area contributed by atoms with E-state index in [4.69, 9.17) is 9.47 Å². The van der Waals surface area contributed by atoms with Gasteiger partial charge in [0.05, 0.1) is 18.9 Å². The van der Waals surface area contributed by atoms with Gasteiger partial charge in [-0.2, -0.15) is 5.10 Å². The Morgan fingerprint density at radius 3 is 2.48 bits per heavy atom. The Morgan fingerprint density at radius 1 is 0.925 bits per heavy atom. The summed E-state index contributed by atoms with van der Waals surface area (Å²) in [7, 11) is 1.49. The van der Waals surface area contributed by atoms with Crippen molar-refractivity contribution in [2.24, 2.45) is 5.10 Å². The monoisotopic (exact) mass is 531 g/mol. The van der Waals surface area contributed by atoms with Gasteiger partial charge in [-0.15, -0.1) is 0 Å². The predicted molar refractivity (Wildman–Crippen MR) is 157 cm³/mol. The highest BCUT2D eigenvalue weighted by atomic mass is 16.6. The number of hydrogen-bond donors (Lipinski definition) is 2. The van der Waals surface area contributed by atoms with E-state index in [0.29, 0.717) is 22.6 Å². The van der Waals surface area contributed by atoms with Gasteiger partial charge in [0, 0.05) is 16.5 Å². The number of hydrazone groups is 1. The Balaban J connectivity index is 1.36. The van der Waals surface area contributed by atoms with E-state index in [1.54, 1.807) is 36.4 Å². The summed E-state index contributed by atoms with van der Waals surface area (Å²) in [6.07, 6.45) is 2.35. The fraction of sp³-hybridized carbons (Fsp3) is 0.121. The van der Waals surface area contributed by atoms with Crippen molar-refractivity contribution >= 4 is 29.0 Å². The number of nitrogens with one attached hydrogen (secondary N) is 2. The second-order valence-electron chi connectivity index (χ2n) is 9.30. The standard InChI is InChI=1S/C33H29N3O4/c1-4-23-13-9-15-26-29(24-11-6-5-7-12-24)31(35-30(23)26)32(37)36-34-20-22-16-17-27(28(19-22)39-3)40-33(38)25-14-8-10-21(2)18-25/h5-20,35H,4H2,1-3H3,(H,36,37). The second kappa shape index (κ2) is 11.7. The summed E-state index contributed by atoms with van der Waals surface area (Å²) in [5.41, 5.74) is 9.00. The van der Waals surface area contributed by atoms with Crippen LogP contribution in [0.25, 0.3) is 22.0 Å². The van der Waals surface area contributed by atoms with Gasteiger partial charge in [0.25, 0.3) is 5.91 Å². The highest BCUT2D eigenvalue weighted by Crippen LogP contribution is 2.34. The highest BCUT2D eigenvalue weighted by molar-refractivity contribution is 6.10. The molecule has 0 unspecified atom stereocenters. The first-order valence-electron chi connectivity index (χ1n) is 13.0. The average molecular weight is 532 g/mol. The van der Waals surface area contributed by atoms with Crippen LogP contribution in [0.1, 0.15) is 44.5 Å². The maximum atomic E-state index is 13.3. The zero-order chi connectivity index (χ0) is 28.1. The maximum absolute atomic E-state index is 13.3. The van der Waals surface area contributed by atoms with Gasteiger partial charge in [0.15, 0.2) is 11.5 Å². The Bertz CT molecular complexity index is 1720. The molecule has 200 valence electrons. The van der Waals surface area contributed by atoms with Gasteiger partial charge < -0.3 is 14.5 Å². The summed E-state index contributed by atoms with van der Waals surface area (Å²) >= 11 is 0. The van der Waals surface area contributed by atoms with Gasteiger partial charge in [0.2, 0.25) is 0 Å². The number of hydrogen-bond acceptors (Lipinski definition) is 5. The largest absolute Gasteiger partial charge is 0.493 e. The van der Waals surface area contributed by atoms with Crippen molar-refractivity contribution in [1.29, 1.82) is 0 Å². The molecule has 40 heavy (non-hydrogen) atoms. The van der Waals surface area contributed by atoms with Gasteiger partial charge in [0.1, 0.15) is 5.69 Å². The average Bonchev–Trinajstić information content (AvgIpc) is 3.38. The van der Waals surface area contributed by atoms with Crippen molar-refractivity contribution < 1.29 is 19.1 Å². The molecule has 7 heteroatoms. The molecule has 0 saturated heterocycles. The first kappa shape index (κ1) is 26.4. The summed E-state index contributed by atoms with van der Waals surface area (Å²) in [6.45, 7) is 4.00. The van der Waals surface area contributed by atoms with Gasteiger partial charge in [-0.05, 0) is 60.4 Å². The van der Waals surface area contributed by atoms with Crippen LogP contribution in [0.15, 0.2) is 96.1 Å². The molecule has 4 aromatic carbocycles. The van der Waals surface area contributed by atoms with Crippen molar-refractivity contribution in [2.75, 3.05) is 7.11 Å². The molecule has 0 aliphatic rings. The van der Waals surface area contributed by atoms with E-state index >= 15 is 0 Å². The molecule has 0 spiro atoms. The van der Waals surface area contributed by atoms with E-state index in [2.05, 4.69) is 28.5 Å². The number of benzene rings is 4. The van der Waals surface area contributed by atoms with Crippen LogP contribution in [-0.2, 0) is 6.42 Å². The molecule has 0 radical (unpaired) electrons. The van der Waals surface area contributed by atoms with Crippen LogP contribution in [0.5, 0.6) is 11.5 Å². The summed E-state index contributed by atoms with van der Waals surface area (Å²) in [6, 6.07) is 28.1. The molecular formula is C33H29N3O4. The topological polar surface area (TPSA) is 92.8 Å². The molecular weight excluding hydrogens is 502 g/mol. The van der Waals surface area contributed by atoms with Crippen LogP contribution < -0.4 is 14.9 Å². The number of H-pyrrole nitrogens is 1. The minimum absolute atomic E-state index is 0.285. The molecule has 0 aliphatic heterocycles. The number of nitrogens with zero attached hydrogens (tertiary/aromatic N) is 1. The van der Waals surface area contributed by atoms with Crippen LogP contribution in [0.4, 0.5) is 0 Å². The van der Waals surface area contributed by atoms with Crippen molar-refractivity contribution in [2.45, 2.75) is 20.3 Å². The molecule has 1 aromatic heterocycles. The number of amides is 1. The minimum Gasteiger partial charge on any atom is -0.493 e. The Labute approximate surface area is 232 Å². The van der Waals surface area contributed by atoms with Crippen LogP contribution >= 0.6 is 0 Å². The first-order chi connectivity index (χ1) is 19.5. The smallest absolute Gasteiger partial charge is 0.343 e. The van der Waals surface area contributed by atoms with Crippen LogP contribution in [-0.4, -0.2) is 30.2 Å². The summed E-state index contributed by atoms with van der Waals surface area (Å²) < 4.78 is 11.0. The maximum Gasteiger partial charge on any atom is 0.343 e. The van der Waals surface area contributed by atoms with Crippen LogP contribution in [0, 0.1) is 6.92 Å². The summed E-state index contributed by atoms with van der Waals surface area (Å²) in [5.74, 6) is -0.184. The SMILES string of the molecule is CCc1cccc2c(-c3ccccc3)c(C(=O)NN=Cc3ccc(OC(=O)c4cccc(C)c4)c(OC)c3)[nH]c12. The Hall–Kier alpha value is -5.17. The Morgan fingerprint density at radius 2 is 1.73 bits per heavy atom. The predicted octanol–water partition coefficient (Wildman–Crippen LogP) is 6.70. The number of ether oxygens (including phenoxy) is 2. The Kier molecular flexibility index (Phi) is 7.73. The lowest BCUT2D eigenvalue weighted by Gasteiger charge is -2.10. The van der Waals surface area contributed by atoms with Crippen molar-refractivity contribution in [3.8, 4) is 22.6 Å². The second-order valence-corrected chi connectivity index (χ2v) is 9.30. The number of aryl methyl sites for hydroxylation is 2. The number of carbonyl (C=O) groups excluding carboxylic acids is 2. The van der Waals surface area contributed by atoms with Gasteiger partial charge in [-0.1, -0.05) is 73.2 Å². The van der Waals surface area contributed by atoms with E-state index < -0.39 is 5.97 Å². The zero-order valence-electron chi connectivity index (χ0n) is 22.5. The third-order valence-electron chi connectivity index (χ3n) is 6.61. The molecule has 5 rings (SSSR count). The summed E-state index contributed by atoms with van der Waals surface area (Å²) in [5, 5.41) is 5.17. The summed E-state index contributed by atoms with van der Waals surface area (Å²) in [4.78, 5) is 29.2. The molecule has 0 saturated carbocycles. The van der Waals surface area contributed by atoms with E-state index in [-0.39, 0.29) is 11.7 Å². The number of fused-ring (bicyclic) bond motifs is 1. The molecule has 0 aliphatic carbocycles. The lowest BCUT2D eigenvalue weighted by molar-refractivity contribution is 0.0729. The lowest BCUT2D eigenvalue weighted by atomic mass is 10.00. The fourth-order valence-corrected chi connectivity index (χ4v) is 4.65. The first-order valence-corrected chi connectivity index (χ1v) is 13.0. The van der Waals surface area contributed by atoms with Crippen molar-refractivity contribution in [3.05, 3.63) is 119 Å². The van der Waals surface area contributed by atoms with Gasteiger partial charge in [-0.3, -0.25) is 4.79 Å². The molecule has 0 bridgehead atoms. The molecule has 2 N–H and O–H groups in total. The molecule has 0 fully saturated rings. The number of methoxy groups -OCH3 is 1. The van der Waals surface area contributed by atoms with E-state index in [1.165, 1.54) is 13.3 Å². The fourth-order valence-electron chi connectivity index (χ4n) is 4.65. The number of esters is 1. The lowest BCUT2D eigenvalue weighted by Crippen LogP contribution is -2.19. The van der Waals surface area contributed by atoms with Gasteiger partial charge >= 0.3 is 5.97 Å². The third kappa shape index (κ3) is 5.49. The van der Waals surface area contributed by atoms with E-state index in [0.717, 1.165) is 39.6 Å². The van der Waals surface area contributed by atoms with Crippen LogP contribution in [0.2, 0.25) is 0 Å². The molecule has 1 amide bonds. The van der Waals surface area contributed by atoms with Crippen molar-refractivity contribution in [1.82, 2.24) is 10.4 Å². The quantitative estimate of drug-likeness (QED) is 0.101. The molecule has 7 nitrogen and oxygen atoms in total. The highest BCUT2D eigenvalue weighted by Gasteiger charge is 2.20. The van der Waals surface area contributed by atoms with E-state index in [9.17, 15) is 9.59 Å². The molecule has 5 aromatic rings. The van der Waals surface area contributed by atoms with Crippen molar-refractivity contribution in [3.63, 3.8) is 0 Å². The minimum atomic E-state index is -0.477. The molecule has 1 heterocycles. The number of para-hydroxylation sites is 1. The van der Waals surface area contributed by atoms with Crippen LogP contribution in [0.3, 0.4) is 0 Å². The van der Waals surface area contributed by atoms with Gasteiger partial charge in [-0.25, -0.2) is 10.2 Å². The number of carbonyl (C=O) groups is 2. The number of aromatic amines is 1. The number of rotatable bonds is 8.